The molecule has 0 saturated carbocycles. The van der Waals surface area contributed by atoms with Crippen molar-refractivity contribution in [3.05, 3.63) is 65.5 Å². The first-order valence-electron chi connectivity index (χ1n) is 6.91. The fourth-order valence-electron chi connectivity index (χ4n) is 1.93. The molecule has 2 rings (SSSR count). The van der Waals surface area contributed by atoms with E-state index in [9.17, 15) is 19.1 Å². The highest BCUT2D eigenvalue weighted by Gasteiger charge is 2.16. The zero-order valence-electron chi connectivity index (χ0n) is 12.5. The van der Waals surface area contributed by atoms with E-state index in [0.29, 0.717) is 5.56 Å². The van der Waals surface area contributed by atoms with E-state index in [1.54, 1.807) is 30.3 Å². The summed E-state index contributed by atoms with van der Waals surface area (Å²) in [6, 6.07) is 12.0. The van der Waals surface area contributed by atoms with Gasteiger partial charge >= 0.3 is 5.97 Å². The minimum absolute atomic E-state index is 0.0166. The minimum atomic E-state index is -0.796. The number of hydrogen-bond donors (Lipinski definition) is 1. The van der Waals surface area contributed by atoms with Crippen molar-refractivity contribution in [2.24, 2.45) is 0 Å². The van der Waals surface area contributed by atoms with Crippen LogP contribution in [0, 0.1) is 5.82 Å². The van der Waals surface area contributed by atoms with Gasteiger partial charge in [0.1, 0.15) is 17.1 Å². The van der Waals surface area contributed by atoms with E-state index in [1.165, 1.54) is 30.1 Å². The molecule has 120 valence electrons. The van der Waals surface area contributed by atoms with Gasteiger partial charge in [0.15, 0.2) is 6.61 Å². The number of aromatic hydroxyl groups is 1. The first-order valence-corrected chi connectivity index (χ1v) is 6.91. The van der Waals surface area contributed by atoms with Gasteiger partial charge in [0.2, 0.25) is 0 Å². The second kappa shape index (κ2) is 7.40. The van der Waals surface area contributed by atoms with Crippen molar-refractivity contribution in [2.75, 3.05) is 13.7 Å². The number of carbonyl (C=O) groups is 2. The second-order valence-electron chi connectivity index (χ2n) is 4.93. The highest BCUT2D eigenvalue weighted by molar-refractivity contribution is 5.93. The molecule has 0 fully saturated rings. The minimum Gasteiger partial charge on any atom is -0.507 e. The highest BCUT2D eigenvalue weighted by Crippen LogP contribution is 2.16. The van der Waals surface area contributed by atoms with Gasteiger partial charge < -0.3 is 14.7 Å². The van der Waals surface area contributed by atoms with Crippen LogP contribution >= 0.6 is 0 Å². The van der Waals surface area contributed by atoms with Gasteiger partial charge in [0, 0.05) is 19.2 Å². The number of amides is 1. The van der Waals surface area contributed by atoms with Crippen LogP contribution in [0.25, 0.3) is 0 Å². The summed E-state index contributed by atoms with van der Waals surface area (Å²) in [6.07, 6.45) is 0. The van der Waals surface area contributed by atoms with Gasteiger partial charge in [-0.1, -0.05) is 30.3 Å². The second-order valence-corrected chi connectivity index (χ2v) is 4.93. The molecule has 0 aliphatic carbocycles. The van der Waals surface area contributed by atoms with Gasteiger partial charge in [-0.15, -0.1) is 0 Å². The van der Waals surface area contributed by atoms with Gasteiger partial charge in [0.05, 0.1) is 0 Å². The monoisotopic (exact) mass is 317 g/mol. The summed E-state index contributed by atoms with van der Waals surface area (Å²) in [6.45, 7) is -0.419. The molecular formula is C17H16FNO4. The molecule has 0 aromatic heterocycles. The molecule has 1 amide bonds. The Morgan fingerprint density at radius 2 is 1.78 bits per heavy atom. The van der Waals surface area contributed by atoms with Crippen LogP contribution in [-0.4, -0.2) is 35.5 Å². The van der Waals surface area contributed by atoms with Crippen LogP contribution in [0.15, 0.2) is 48.5 Å². The Morgan fingerprint density at radius 1 is 1.13 bits per heavy atom. The molecule has 5 nitrogen and oxygen atoms in total. The number of para-hydroxylation sites is 1. The summed E-state index contributed by atoms with van der Waals surface area (Å²) in [5, 5.41) is 9.54. The number of nitrogens with zero attached hydrogens (tertiary/aromatic N) is 1. The molecule has 0 saturated heterocycles. The van der Waals surface area contributed by atoms with Gasteiger partial charge in [-0.25, -0.2) is 9.18 Å². The third kappa shape index (κ3) is 4.29. The zero-order valence-corrected chi connectivity index (χ0v) is 12.5. The zero-order chi connectivity index (χ0) is 16.8. The molecule has 0 bridgehead atoms. The van der Waals surface area contributed by atoms with E-state index in [2.05, 4.69) is 0 Å². The molecule has 1 N–H and O–H groups in total. The Hall–Kier alpha value is -2.89. The number of likely N-dealkylation sites (N-methyl/N-ethyl adjacent to an activating group) is 1. The molecule has 0 aliphatic heterocycles. The third-order valence-corrected chi connectivity index (χ3v) is 3.24. The fraction of sp³-hybridized carbons (Fsp3) is 0.176. The summed E-state index contributed by atoms with van der Waals surface area (Å²) in [5.74, 6) is -1.89. The number of rotatable bonds is 5. The number of carbonyl (C=O) groups excluding carboxylic acids is 2. The van der Waals surface area contributed by atoms with E-state index in [-0.39, 0.29) is 17.9 Å². The molecular weight excluding hydrogens is 301 g/mol. The van der Waals surface area contributed by atoms with Crippen LogP contribution in [0.5, 0.6) is 5.75 Å². The molecule has 2 aromatic carbocycles. The lowest BCUT2D eigenvalue weighted by atomic mass is 10.2. The van der Waals surface area contributed by atoms with Crippen LogP contribution in [0.2, 0.25) is 0 Å². The average Bonchev–Trinajstić information content (AvgIpc) is 2.54. The fourth-order valence-corrected chi connectivity index (χ4v) is 1.93. The topological polar surface area (TPSA) is 66.8 Å². The lowest BCUT2D eigenvalue weighted by molar-refractivity contribution is -0.133. The van der Waals surface area contributed by atoms with Crippen LogP contribution in [-0.2, 0) is 16.1 Å². The van der Waals surface area contributed by atoms with E-state index < -0.39 is 24.3 Å². The Bertz CT molecular complexity index is 717. The summed E-state index contributed by atoms with van der Waals surface area (Å²) in [4.78, 5) is 25.0. The number of phenols is 1. The molecule has 2 aromatic rings. The average molecular weight is 317 g/mol. The summed E-state index contributed by atoms with van der Waals surface area (Å²) in [5.41, 5.74) is 0.354. The van der Waals surface area contributed by atoms with Crippen LogP contribution < -0.4 is 0 Å². The molecule has 23 heavy (non-hydrogen) atoms. The highest BCUT2D eigenvalue weighted by atomic mass is 19.1. The maximum atomic E-state index is 13.5. The largest absolute Gasteiger partial charge is 0.507 e. The smallest absolute Gasteiger partial charge is 0.342 e. The number of esters is 1. The van der Waals surface area contributed by atoms with Crippen molar-refractivity contribution in [1.29, 1.82) is 0 Å². The number of hydrogen-bond acceptors (Lipinski definition) is 4. The predicted molar refractivity (Wildman–Crippen MR) is 81.3 cm³/mol. The van der Waals surface area contributed by atoms with E-state index >= 15 is 0 Å². The van der Waals surface area contributed by atoms with E-state index in [0.717, 1.165) is 0 Å². The van der Waals surface area contributed by atoms with Gasteiger partial charge in [-0.05, 0) is 18.2 Å². The molecule has 0 radical (unpaired) electrons. The number of benzene rings is 2. The first-order chi connectivity index (χ1) is 11.0. The molecule has 0 unspecified atom stereocenters. The first kappa shape index (κ1) is 16.5. The van der Waals surface area contributed by atoms with Gasteiger partial charge in [0.25, 0.3) is 5.91 Å². The van der Waals surface area contributed by atoms with Crippen LogP contribution in [0.4, 0.5) is 4.39 Å². The molecule has 6 heteroatoms. The Labute approximate surface area is 132 Å². The van der Waals surface area contributed by atoms with Crippen molar-refractivity contribution in [2.45, 2.75) is 6.54 Å². The van der Waals surface area contributed by atoms with Crippen molar-refractivity contribution in [3.8, 4) is 5.75 Å². The van der Waals surface area contributed by atoms with Crippen molar-refractivity contribution < 1.29 is 23.8 Å². The number of halogens is 1. The van der Waals surface area contributed by atoms with Crippen molar-refractivity contribution >= 4 is 11.9 Å². The van der Waals surface area contributed by atoms with Gasteiger partial charge in [-0.2, -0.15) is 0 Å². The standard InChI is InChI=1S/C17H16FNO4/c1-19(10-12-6-2-4-8-14(12)18)16(21)11-23-17(22)13-7-3-5-9-15(13)20/h2-9,20H,10-11H2,1H3. The Balaban J connectivity index is 1.91. The van der Waals surface area contributed by atoms with E-state index in [1.807, 2.05) is 0 Å². The van der Waals surface area contributed by atoms with Crippen LogP contribution in [0.1, 0.15) is 15.9 Å². The van der Waals surface area contributed by atoms with Gasteiger partial charge in [-0.3, -0.25) is 4.79 Å². The quantitative estimate of drug-likeness (QED) is 0.860. The predicted octanol–water partition coefficient (Wildman–Crippen LogP) is 2.35. The Morgan fingerprint density at radius 3 is 2.48 bits per heavy atom. The number of phenolic OH excluding ortho intramolecular Hbond substituents is 1. The molecule has 0 atom stereocenters. The maximum absolute atomic E-state index is 13.5. The maximum Gasteiger partial charge on any atom is 0.342 e. The number of ether oxygens (including phenoxy) is 1. The summed E-state index contributed by atoms with van der Waals surface area (Å²) in [7, 11) is 1.49. The SMILES string of the molecule is CN(Cc1ccccc1F)C(=O)COC(=O)c1ccccc1O. The summed E-state index contributed by atoms with van der Waals surface area (Å²) >= 11 is 0. The molecule has 0 heterocycles. The normalized spacial score (nSPS) is 10.2. The lowest BCUT2D eigenvalue weighted by Crippen LogP contribution is -2.31. The molecule has 0 aliphatic rings. The van der Waals surface area contributed by atoms with Crippen molar-refractivity contribution in [3.63, 3.8) is 0 Å². The van der Waals surface area contributed by atoms with Crippen molar-refractivity contribution in [1.82, 2.24) is 4.90 Å². The third-order valence-electron chi connectivity index (χ3n) is 3.24. The van der Waals surface area contributed by atoms with Crippen LogP contribution in [0.3, 0.4) is 0 Å². The Kier molecular flexibility index (Phi) is 5.30. The molecule has 0 spiro atoms. The van der Waals surface area contributed by atoms with E-state index in [4.69, 9.17) is 4.74 Å². The lowest BCUT2D eigenvalue weighted by Gasteiger charge is -2.17. The summed E-state index contributed by atoms with van der Waals surface area (Å²) < 4.78 is 18.4.